The summed E-state index contributed by atoms with van der Waals surface area (Å²) in [5.74, 6) is 3.69. The molecule has 0 fully saturated rings. The van der Waals surface area contributed by atoms with E-state index in [0.717, 1.165) is 12.1 Å². The van der Waals surface area contributed by atoms with E-state index in [9.17, 15) is 13.2 Å². The standard InChI is InChI=1S/C14H11BrF3N5O2/c15-8-4-21-14(22-5-8)24-7-10(23-19)6-20-9-1-2-11(16)12(3-9)25-13(17)18/h1-6,13H,7,19H2. The zero-order valence-corrected chi connectivity index (χ0v) is 14.0. The van der Waals surface area contributed by atoms with Gasteiger partial charge in [-0.1, -0.05) is 0 Å². The monoisotopic (exact) mass is 417 g/mol. The van der Waals surface area contributed by atoms with Gasteiger partial charge in [0.15, 0.2) is 11.6 Å². The van der Waals surface area contributed by atoms with Crippen LogP contribution < -0.4 is 15.3 Å². The Labute approximate surface area is 148 Å². The van der Waals surface area contributed by atoms with Crippen LogP contribution in [0.5, 0.6) is 11.8 Å². The Morgan fingerprint density at radius 2 is 2.04 bits per heavy atom. The van der Waals surface area contributed by atoms with Crippen LogP contribution in [0, 0.1) is 5.82 Å². The number of aromatic nitrogens is 2. The number of aliphatic imine (C=N–C) groups is 1. The zero-order valence-electron chi connectivity index (χ0n) is 12.4. The van der Waals surface area contributed by atoms with Crippen molar-refractivity contribution in [3.8, 4) is 11.8 Å². The quantitative estimate of drug-likeness (QED) is 0.424. The van der Waals surface area contributed by atoms with Gasteiger partial charge in [-0.05, 0) is 28.1 Å². The first-order valence-corrected chi connectivity index (χ1v) is 7.42. The van der Waals surface area contributed by atoms with Gasteiger partial charge < -0.3 is 15.3 Å². The molecule has 0 aliphatic heterocycles. The first kappa shape index (κ1) is 18.6. The average Bonchev–Trinajstić information content (AvgIpc) is 2.59. The summed E-state index contributed by atoms with van der Waals surface area (Å²) < 4.78 is 47.7. The van der Waals surface area contributed by atoms with Gasteiger partial charge in [0.1, 0.15) is 12.3 Å². The number of rotatable bonds is 7. The molecule has 25 heavy (non-hydrogen) atoms. The molecule has 1 aromatic carbocycles. The van der Waals surface area contributed by atoms with Gasteiger partial charge in [0.05, 0.1) is 16.4 Å². The minimum absolute atomic E-state index is 0.0801. The van der Waals surface area contributed by atoms with E-state index in [2.05, 4.69) is 40.7 Å². The van der Waals surface area contributed by atoms with E-state index in [0.29, 0.717) is 4.47 Å². The molecule has 0 amide bonds. The molecule has 0 saturated heterocycles. The van der Waals surface area contributed by atoms with Gasteiger partial charge in [-0.3, -0.25) is 4.99 Å². The van der Waals surface area contributed by atoms with Crippen LogP contribution in [0.2, 0.25) is 0 Å². The lowest BCUT2D eigenvalue weighted by Crippen LogP contribution is -2.16. The largest absolute Gasteiger partial charge is 0.457 e. The Morgan fingerprint density at radius 1 is 1.32 bits per heavy atom. The fraction of sp³-hybridized carbons (Fsp3) is 0.143. The summed E-state index contributed by atoms with van der Waals surface area (Å²) in [6.45, 7) is -3.22. The highest BCUT2D eigenvalue weighted by Gasteiger charge is 2.10. The number of halogens is 4. The van der Waals surface area contributed by atoms with Crippen molar-refractivity contribution in [1.29, 1.82) is 0 Å². The number of hydrogen-bond acceptors (Lipinski definition) is 7. The predicted molar refractivity (Wildman–Crippen MR) is 88.0 cm³/mol. The average molecular weight is 418 g/mol. The van der Waals surface area contributed by atoms with Crippen LogP contribution in [-0.2, 0) is 0 Å². The normalized spacial score (nSPS) is 12.0. The van der Waals surface area contributed by atoms with Crippen LogP contribution in [-0.4, -0.2) is 35.1 Å². The number of alkyl halides is 2. The molecule has 0 aliphatic rings. The maximum atomic E-state index is 13.3. The van der Waals surface area contributed by atoms with Crippen molar-refractivity contribution in [3.63, 3.8) is 0 Å². The topological polar surface area (TPSA) is 95.0 Å². The molecule has 0 saturated carbocycles. The van der Waals surface area contributed by atoms with Crippen molar-refractivity contribution in [2.75, 3.05) is 6.61 Å². The van der Waals surface area contributed by atoms with Gasteiger partial charge in [0.2, 0.25) is 0 Å². The van der Waals surface area contributed by atoms with Crippen molar-refractivity contribution in [2.24, 2.45) is 15.9 Å². The van der Waals surface area contributed by atoms with E-state index >= 15 is 0 Å². The van der Waals surface area contributed by atoms with E-state index in [1.165, 1.54) is 24.7 Å². The van der Waals surface area contributed by atoms with Crippen molar-refractivity contribution < 1.29 is 22.6 Å². The van der Waals surface area contributed by atoms with E-state index in [1.54, 1.807) is 0 Å². The van der Waals surface area contributed by atoms with Gasteiger partial charge in [0.25, 0.3) is 0 Å². The van der Waals surface area contributed by atoms with Gasteiger partial charge in [-0.15, -0.1) is 0 Å². The number of nitrogens with zero attached hydrogens (tertiary/aromatic N) is 4. The fourth-order valence-electron chi connectivity index (χ4n) is 1.53. The second-order valence-electron chi connectivity index (χ2n) is 4.34. The van der Waals surface area contributed by atoms with E-state index in [-0.39, 0.29) is 24.0 Å². The van der Waals surface area contributed by atoms with Crippen LogP contribution in [0.1, 0.15) is 0 Å². The Kier molecular flexibility index (Phi) is 6.69. The molecule has 0 spiro atoms. The third-order valence-electron chi connectivity index (χ3n) is 2.61. The molecule has 1 aromatic heterocycles. The van der Waals surface area contributed by atoms with Gasteiger partial charge in [-0.2, -0.15) is 13.9 Å². The second-order valence-corrected chi connectivity index (χ2v) is 5.26. The SMILES string of the molecule is NN=C(C=Nc1ccc(F)c(OC(F)F)c1)COc1ncc(Br)cn1. The molecule has 0 unspecified atom stereocenters. The maximum absolute atomic E-state index is 13.3. The molecule has 7 nitrogen and oxygen atoms in total. The molecular formula is C14H11BrF3N5O2. The molecule has 11 heteroatoms. The van der Waals surface area contributed by atoms with Crippen LogP contribution >= 0.6 is 15.9 Å². The summed E-state index contributed by atoms with van der Waals surface area (Å²) in [7, 11) is 0. The summed E-state index contributed by atoms with van der Waals surface area (Å²) in [4.78, 5) is 11.8. The molecule has 1 heterocycles. The predicted octanol–water partition coefficient (Wildman–Crippen LogP) is 3.08. The Bertz CT molecular complexity index is 772. The lowest BCUT2D eigenvalue weighted by Gasteiger charge is -2.06. The van der Waals surface area contributed by atoms with Crippen LogP contribution in [0.25, 0.3) is 0 Å². The number of nitrogens with two attached hydrogens (primary N) is 1. The van der Waals surface area contributed by atoms with Gasteiger partial charge >= 0.3 is 12.6 Å². The van der Waals surface area contributed by atoms with E-state index in [1.807, 2.05) is 0 Å². The highest BCUT2D eigenvalue weighted by molar-refractivity contribution is 9.10. The second kappa shape index (κ2) is 8.97. The molecule has 0 radical (unpaired) electrons. The minimum Gasteiger partial charge on any atom is -0.457 e. The highest BCUT2D eigenvalue weighted by Crippen LogP contribution is 2.25. The summed E-state index contributed by atoms with van der Waals surface area (Å²) in [5.41, 5.74) is 0.380. The third kappa shape index (κ3) is 6.03. The minimum atomic E-state index is -3.14. The lowest BCUT2D eigenvalue weighted by atomic mass is 10.3. The smallest absolute Gasteiger partial charge is 0.387 e. The van der Waals surface area contributed by atoms with Crippen LogP contribution in [0.4, 0.5) is 18.9 Å². The summed E-state index contributed by atoms with van der Waals surface area (Å²) >= 11 is 3.19. The Balaban J connectivity index is 2.02. The molecule has 0 aliphatic carbocycles. The number of benzene rings is 1. The van der Waals surface area contributed by atoms with Crippen molar-refractivity contribution >= 4 is 33.5 Å². The Morgan fingerprint density at radius 3 is 2.68 bits per heavy atom. The van der Waals surface area contributed by atoms with E-state index < -0.39 is 18.2 Å². The lowest BCUT2D eigenvalue weighted by molar-refractivity contribution is -0.0521. The van der Waals surface area contributed by atoms with Crippen molar-refractivity contribution in [2.45, 2.75) is 6.61 Å². The number of hydrogen-bond donors (Lipinski definition) is 1. The molecule has 2 aromatic rings. The Hall–Kier alpha value is -2.69. The van der Waals surface area contributed by atoms with Gasteiger partial charge in [0, 0.05) is 18.5 Å². The van der Waals surface area contributed by atoms with E-state index in [4.69, 9.17) is 10.6 Å². The first-order chi connectivity index (χ1) is 12.0. The molecular weight excluding hydrogens is 407 g/mol. The van der Waals surface area contributed by atoms with Crippen LogP contribution in [0.15, 0.2) is 45.2 Å². The zero-order chi connectivity index (χ0) is 18.2. The van der Waals surface area contributed by atoms with Gasteiger partial charge in [-0.25, -0.2) is 14.4 Å². The first-order valence-electron chi connectivity index (χ1n) is 6.63. The van der Waals surface area contributed by atoms with Crippen molar-refractivity contribution in [3.05, 3.63) is 40.9 Å². The number of ether oxygens (including phenoxy) is 2. The molecule has 2 N–H and O–H groups in total. The molecule has 0 bridgehead atoms. The number of hydrazone groups is 1. The molecule has 2 rings (SSSR count). The summed E-state index contributed by atoms with van der Waals surface area (Å²) in [6, 6.07) is 3.35. The van der Waals surface area contributed by atoms with Crippen molar-refractivity contribution in [1.82, 2.24) is 9.97 Å². The highest BCUT2D eigenvalue weighted by atomic mass is 79.9. The molecule has 0 atom stereocenters. The summed E-state index contributed by atoms with van der Waals surface area (Å²) in [5, 5.41) is 3.48. The summed E-state index contributed by atoms with van der Waals surface area (Å²) in [6.07, 6.45) is 4.23. The molecule has 132 valence electrons. The maximum Gasteiger partial charge on any atom is 0.387 e. The van der Waals surface area contributed by atoms with Crippen LogP contribution in [0.3, 0.4) is 0 Å². The third-order valence-corrected chi connectivity index (χ3v) is 3.01. The fourth-order valence-corrected chi connectivity index (χ4v) is 1.73.